The summed E-state index contributed by atoms with van der Waals surface area (Å²) in [6.45, 7) is 8.84. The third kappa shape index (κ3) is 12.5. The average molecular weight is 600 g/mol. The molecule has 0 saturated heterocycles. The van der Waals surface area contributed by atoms with Gasteiger partial charge in [0, 0.05) is 44.9 Å². The van der Waals surface area contributed by atoms with Gasteiger partial charge in [-0.2, -0.15) is 0 Å². The molecule has 2 amide bonds. The highest BCUT2D eigenvalue weighted by atomic mass is 16.7. The highest BCUT2D eigenvalue weighted by molar-refractivity contribution is 5.92. The van der Waals surface area contributed by atoms with Crippen LogP contribution in [0.1, 0.15) is 88.5 Å². The Labute approximate surface area is 255 Å². The number of amides is 2. The molecule has 3 rings (SSSR count). The molecule has 1 unspecified atom stereocenters. The zero-order chi connectivity index (χ0) is 31.1. The van der Waals surface area contributed by atoms with Gasteiger partial charge < -0.3 is 40.4 Å². The largest absolute Gasteiger partial charge is 0.480 e. The van der Waals surface area contributed by atoms with Crippen molar-refractivity contribution in [1.29, 1.82) is 0 Å². The molecule has 0 aromatic heterocycles. The van der Waals surface area contributed by atoms with Gasteiger partial charge in [0.25, 0.3) is 0 Å². The number of benzene rings is 2. The second-order valence-corrected chi connectivity index (χ2v) is 11.5. The quantitative estimate of drug-likeness (QED) is 0.133. The van der Waals surface area contributed by atoms with Crippen molar-refractivity contribution < 1.29 is 34.0 Å². The highest BCUT2D eigenvalue weighted by Crippen LogP contribution is 2.32. The van der Waals surface area contributed by atoms with Gasteiger partial charge in [-0.1, -0.05) is 38.0 Å². The Morgan fingerprint density at radius 2 is 1.79 bits per heavy atom. The molecule has 43 heavy (non-hydrogen) atoms. The number of nitrogens with one attached hydrogen (secondary N) is 3. The monoisotopic (exact) mass is 599 g/mol. The number of carbonyl (C=O) groups is 2. The van der Waals surface area contributed by atoms with Crippen molar-refractivity contribution in [2.75, 3.05) is 31.6 Å². The van der Waals surface area contributed by atoms with E-state index in [0.29, 0.717) is 25.3 Å². The predicted octanol–water partition coefficient (Wildman–Crippen LogP) is 5.54. The lowest BCUT2D eigenvalue weighted by atomic mass is 10.0. The summed E-state index contributed by atoms with van der Waals surface area (Å²) in [5.41, 5.74) is 3.58. The summed E-state index contributed by atoms with van der Waals surface area (Å²) >= 11 is 0. The Bertz CT molecular complexity index is 1160. The summed E-state index contributed by atoms with van der Waals surface area (Å²) < 4.78 is 17.3. The summed E-state index contributed by atoms with van der Waals surface area (Å²) in [6, 6.07) is 12.0. The van der Waals surface area contributed by atoms with Crippen molar-refractivity contribution in [3.63, 3.8) is 0 Å². The lowest BCUT2D eigenvalue weighted by Gasteiger charge is -2.33. The van der Waals surface area contributed by atoms with Crippen LogP contribution in [-0.2, 0) is 27.3 Å². The number of rotatable bonds is 19. The summed E-state index contributed by atoms with van der Waals surface area (Å²) in [7, 11) is 0. The first kappa shape index (κ1) is 34.3. The second kappa shape index (κ2) is 17.8. The van der Waals surface area contributed by atoms with Crippen molar-refractivity contribution in [3.05, 3.63) is 59.2 Å². The van der Waals surface area contributed by atoms with E-state index in [0.717, 1.165) is 87.1 Å². The van der Waals surface area contributed by atoms with Crippen LogP contribution in [0.4, 0.5) is 10.5 Å². The van der Waals surface area contributed by atoms with Crippen LogP contribution in [0.25, 0.3) is 0 Å². The fraction of sp³-hybridized carbons (Fsp3) is 0.576. The van der Waals surface area contributed by atoms with Gasteiger partial charge in [-0.3, -0.25) is 0 Å². The van der Waals surface area contributed by atoms with Gasteiger partial charge in [0.1, 0.15) is 11.8 Å². The maximum absolute atomic E-state index is 12.1. The minimum absolute atomic E-state index is 0.318. The lowest BCUT2D eigenvalue weighted by molar-refractivity contribution is -0.180. The number of aryl methyl sites for hydroxylation is 1. The van der Waals surface area contributed by atoms with E-state index in [-0.39, 0.29) is 0 Å². The first-order valence-corrected chi connectivity index (χ1v) is 15.5. The zero-order valence-corrected chi connectivity index (χ0v) is 25.8. The minimum atomic E-state index is -1.05. The number of carboxylic acids is 1. The summed E-state index contributed by atoms with van der Waals surface area (Å²) in [4.78, 5) is 23.2. The van der Waals surface area contributed by atoms with Crippen LogP contribution in [0, 0.1) is 0 Å². The summed E-state index contributed by atoms with van der Waals surface area (Å²) in [5.74, 6) is -0.854. The molecule has 2 aromatic rings. The molecule has 238 valence electrons. The van der Waals surface area contributed by atoms with Crippen molar-refractivity contribution in [3.8, 4) is 5.75 Å². The summed E-state index contributed by atoms with van der Waals surface area (Å²) in [5, 5.41) is 28.2. The number of hydrogen-bond donors (Lipinski definition) is 5. The lowest BCUT2D eigenvalue weighted by Crippen LogP contribution is -2.42. The zero-order valence-electron chi connectivity index (χ0n) is 25.8. The van der Waals surface area contributed by atoms with Crippen LogP contribution in [0.5, 0.6) is 5.75 Å². The molecule has 2 atom stereocenters. The molecule has 0 fully saturated rings. The van der Waals surface area contributed by atoms with E-state index in [1.807, 2.05) is 50.2 Å². The van der Waals surface area contributed by atoms with E-state index in [1.54, 1.807) is 13.0 Å². The van der Waals surface area contributed by atoms with Gasteiger partial charge in [-0.05, 0) is 80.5 Å². The van der Waals surface area contributed by atoms with Crippen molar-refractivity contribution in [2.24, 2.45) is 0 Å². The number of unbranched alkanes of at least 4 members (excludes halogenated alkanes) is 4. The van der Waals surface area contributed by atoms with E-state index in [2.05, 4.69) is 16.0 Å². The molecule has 1 heterocycles. The van der Waals surface area contributed by atoms with Crippen LogP contribution in [0.2, 0.25) is 0 Å². The molecule has 0 bridgehead atoms. The number of anilines is 1. The van der Waals surface area contributed by atoms with E-state index in [4.69, 9.17) is 19.3 Å². The molecule has 2 aromatic carbocycles. The molecule has 10 heteroatoms. The standard InChI is InChI=1S/C33H49N3O7/c1-4-28(31(38)39)36-32(40)35-27-14-11-13-24(20-27)12-7-10-19-41-18-9-6-5-8-17-34-22-29(37)25-15-16-30-26(21-25)23-42-33(2,3)43-30/h11,13-16,20-21,28-29,34,37H,4-10,12,17-19,22-23H2,1-3H3,(H,38,39)(H2,35,36,40)/t28?,29-/m0/s1. The van der Waals surface area contributed by atoms with E-state index >= 15 is 0 Å². The third-order valence-corrected chi connectivity index (χ3v) is 7.33. The Kier molecular flexibility index (Phi) is 14.2. The van der Waals surface area contributed by atoms with E-state index < -0.39 is 29.9 Å². The smallest absolute Gasteiger partial charge is 0.326 e. The number of fused-ring (bicyclic) bond motifs is 1. The molecule has 0 spiro atoms. The number of aliphatic hydroxyl groups excluding tert-OH is 1. The molecule has 0 radical (unpaired) electrons. The van der Waals surface area contributed by atoms with Crippen molar-refractivity contribution in [2.45, 2.75) is 96.7 Å². The van der Waals surface area contributed by atoms with Crippen molar-refractivity contribution >= 4 is 17.7 Å². The van der Waals surface area contributed by atoms with Gasteiger partial charge in [0.15, 0.2) is 0 Å². The first-order chi connectivity index (χ1) is 20.7. The number of hydrogen-bond acceptors (Lipinski definition) is 7. The number of ether oxygens (including phenoxy) is 3. The molecule has 5 N–H and O–H groups in total. The highest BCUT2D eigenvalue weighted by Gasteiger charge is 2.27. The summed E-state index contributed by atoms with van der Waals surface area (Å²) in [6.07, 6.45) is 6.90. The van der Waals surface area contributed by atoms with E-state index in [9.17, 15) is 14.7 Å². The number of carbonyl (C=O) groups excluding carboxylic acids is 1. The number of aliphatic hydroxyl groups is 1. The van der Waals surface area contributed by atoms with Crippen LogP contribution in [-0.4, -0.2) is 60.3 Å². The molecule has 0 aliphatic carbocycles. The van der Waals surface area contributed by atoms with Gasteiger partial charge in [0.05, 0.1) is 12.7 Å². The Hall–Kier alpha value is -3.18. The second-order valence-electron chi connectivity index (χ2n) is 11.5. The van der Waals surface area contributed by atoms with Gasteiger partial charge in [-0.25, -0.2) is 9.59 Å². The van der Waals surface area contributed by atoms with Crippen LogP contribution in [0.15, 0.2) is 42.5 Å². The Balaban J connectivity index is 1.16. The molecule has 10 nitrogen and oxygen atoms in total. The fourth-order valence-electron chi connectivity index (χ4n) is 4.83. The third-order valence-electron chi connectivity index (χ3n) is 7.33. The number of carboxylic acid groups (broad SMARTS) is 1. The number of aliphatic carboxylic acids is 1. The fourth-order valence-corrected chi connectivity index (χ4v) is 4.83. The SMILES string of the molecule is CCC(NC(=O)Nc1cccc(CCCCOCCCCCCNC[C@H](O)c2ccc3c(c2)COC(C)(C)O3)c1)C(=O)O. The van der Waals surface area contributed by atoms with E-state index in [1.165, 1.54) is 0 Å². The normalized spacial score (nSPS) is 15.2. The minimum Gasteiger partial charge on any atom is -0.480 e. The topological polar surface area (TPSA) is 138 Å². The van der Waals surface area contributed by atoms with Crippen molar-refractivity contribution in [1.82, 2.24) is 10.6 Å². The van der Waals surface area contributed by atoms with Gasteiger partial charge in [-0.15, -0.1) is 0 Å². The Morgan fingerprint density at radius 3 is 2.56 bits per heavy atom. The molecular formula is C33H49N3O7. The number of urea groups is 1. The Morgan fingerprint density at radius 1 is 1.02 bits per heavy atom. The van der Waals surface area contributed by atoms with Gasteiger partial charge in [0.2, 0.25) is 5.79 Å². The maximum Gasteiger partial charge on any atom is 0.326 e. The molecule has 1 aliphatic heterocycles. The van der Waals surface area contributed by atoms with Crippen LogP contribution < -0.4 is 20.7 Å². The molecule has 0 saturated carbocycles. The van der Waals surface area contributed by atoms with Crippen LogP contribution >= 0.6 is 0 Å². The van der Waals surface area contributed by atoms with Crippen LogP contribution in [0.3, 0.4) is 0 Å². The van der Waals surface area contributed by atoms with Gasteiger partial charge >= 0.3 is 12.0 Å². The molecule has 1 aliphatic rings. The average Bonchev–Trinajstić information content (AvgIpc) is 2.97. The maximum atomic E-state index is 12.1. The predicted molar refractivity (Wildman–Crippen MR) is 166 cm³/mol. The molecular weight excluding hydrogens is 550 g/mol. The first-order valence-electron chi connectivity index (χ1n) is 15.5.